The van der Waals surface area contributed by atoms with Crippen LogP contribution in [-0.4, -0.2) is 56.1 Å². The summed E-state index contributed by atoms with van der Waals surface area (Å²) in [5.41, 5.74) is 4.26. The van der Waals surface area contributed by atoms with Crippen LogP contribution in [0.15, 0.2) is 61.1 Å². The van der Waals surface area contributed by atoms with Gasteiger partial charge in [-0.1, -0.05) is 18.2 Å². The van der Waals surface area contributed by atoms with Crippen LogP contribution in [0.25, 0.3) is 22.5 Å². The van der Waals surface area contributed by atoms with Crippen molar-refractivity contribution < 1.29 is 9.84 Å². The highest BCUT2D eigenvalue weighted by molar-refractivity contribution is 5.79. The molecule has 0 spiro atoms. The van der Waals surface area contributed by atoms with Crippen LogP contribution in [0, 0.1) is 0 Å². The number of hydrogen-bond donors (Lipinski definition) is 2. The molecule has 9 heteroatoms. The van der Waals surface area contributed by atoms with Gasteiger partial charge in [0.25, 0.3) is 0 Å². The van der Waals surface area contributed by atoms with E-state index in [1.807, 2.05) is 54.5 Å². The topological polar surface area (TPSA) is 101 Å². The van der Waals surface area contributed by atoms with E-state index in [0.717, 1.165) is 41.9 Å². The highest BCUT2D eigenvalue weighted by Gasteiger charge is 2.24. The summed E-state index contributed by atoms with van der Waals surface area (Å²) < 4.78 is 7.61. The number of ether oxygens (including phenoxy) is 1. The summed E-state index contributed by atoms with van der Waals surface area (Å²) in [6.07, 6.45) is 6.63. The largest absolute Gasteiger partial charge is 0.491 e. The number of aryl methyl sites for hydroxylation is 1. The van der Waals surface area contributed by atoms with Crippen LogP contribution < -0.4 is 15.0 Å². The molecule has 2 N–H and O–H groups in total. The summed E-state index contributed by atoms with van der Waals surface area (Å²) in [6, 6.07) is 13.8. The zero-order chi connectivity index (χ0) is 23.5. The second-order valence-corrected chi connectivity index (χ2v) is 8.31. The van der Waals surface area contributed by atoms with E-state index in [9.17, 15) is 5.11 Å². The number of aliphatic hydroxyl groups excluding tert-OH is 1. The van der Waals surface area contributed by atoms with Gasteiger partial charge in [0.15, 0.2) is 11.6 Å². The second-order valence-electron chi connectivity index (χ2n) is 8.31. The van der Waals surface area contributed by atoms with Crippen molar-refractivity contribution in [2.24, 2.45) is 7.05 Å². The lowest BCUT2D eigenvalue weighted by molar-refractivity contribution is 0.153. The number of methoxy groups -OCH3 is 1. The van der Waals surface area contributed by atoms with Gasteiger partial charge in [-0.15, -0.1) is 0 Å². The van der Waals surface area contributed by atoms with Gasteiger partial charge >= 0.3 is 0 Å². The van der Waals surface area contributed by atoms with E-state index < -0.39 is 6.10 Å². The Morgan fingerprint density at radius 1 is 1.09 bits per heavy atom. The van der Waals surface area contributed by atoms with Crippen molar-refractivity contribution in [3.8, 4) is 28.3 Å². The van der Waals surface area contributed by atoms with Crippen LogP contribution >= 0.6 is 0 Å². The standard InChI is InChI=1S/C25H27N7O2/c1-31-14-10-21(30-31)17-5-3-6-18(15-17)22-23(34-2)24(27-19-8-11-26-12-9-19)29-25(28-22)32-13-4-7-20(33)16-32/h3,5-6,8-12,14-15,20,33H,4,7,13,16H2,1-2H3,(H,26,27,28,29)/t20-/m1/s1. The van der Waals surface area contributed by atoms with Crippen molar-refractivity contribution in [3.05, 3.63) is 61.1 Å². The van der Waals surface area contributed by atoms with Gasteiger partial charge in [0, 0.05) is 55.5 Å². The molecule has 4 aromatic rings. The third-order valence-corrected chi connectivity index (χ3v) is 5.83. The first-order valence-corrected chi connectivity index (χ1v) is 11.3. The monoisotopic (exact) mass is 457 g/mol. The van der Waals surface area contributed by atoms with Crippen molar-refractivity contribution in [1.29, 1.82) is 0 Å². The Morgan fingerprint density at radius 3 is 2.65 bits per heavy atom. The fourth-order valence-electron chi connectivity index (χ4n) is 4.16. The minimum Gasteiger partial charge on any atom is -0.491 e. The normalized spacial score (nSPS) is 15.9. The number of piperidine rings is 1. The molecule has 3 aromatic heterocycles. The van der Waals surface area contributed by atoms with E-state index in [-0.39, 0.29) is 0 Å². The summed E-state index contributed by atoms with van der Waals surface area (Å²) >= 11 is 0. The number of nitrogens with zero attached hydrogens (tertiary/aromatic N) is 6. The van der Waals surface area contributed by atoms with Crippen LogP contribution in [0.4, 0.5) is 17.5 Å². The quantitative estimate of drug-likeness (QED) is 0.452. The fourth-order valence-corrected chi connectivity index (χ4v) is 4.16. The maximum atomic E-state index is 10.2. The Bertz CT molecular complexity index is 1280. The molecule has 0 unspecified atom stereocenters. The highest BCUT2D eigenvalue weighted by Crippen LogP contribution is 2.38. The minimum absolute atomic E-state index is 0.396. The molecule has 1 aliphatic heterocycles. The molecule has 5 rings (SSSR count). The molecule has 1 aliphatic rings. The average Bonchev–Trinajstić information content (AvgIpc) is 3.30. The van der Waals surface area contributed by atoms with E-state index in [1.54, 1.807) is 24.2 Å². The second kappa shape index (κ2) is 9.48. The lowest BCUT2D eigenvalue weighted by Crippen LogP contribution is -2.39. The van der Waals surface area contributed by atoms with Crippen molar-refractivity contribution in [1.82, 2.24) is 24.7 Å². The van der Waals surface area contributed by atoms with Gasteiger partial charge in [-0.05, 0) is 37.1 Å². The van der Waals surface area contributed by atoms with E-state index in [1.165, 1.54) is 0 Å². The molecular formula is C25H27N7O2. The van der Waals surface area contributed by atoms with Gasteiger partial charge in [0.05, 0.1) is 18.9 Å². The minimum atomic E-state index is -0.396. The molecule has 9 nitrogen and oxygen atoms in total. The summed E-state index contributed by atoms with van der Waals surface area (Å²) in [5.74, 6) is 1.64. The Balaban J connectivity index is 1.63. The Kier molecular flexibility index (Phi) is 6.09. The van der Waals surface area contributed by atoms with Crippen LogP contribution in [-0.2, 0) is 7.05 Å². The number of aromatic nitrogens is 5. The van der Waals surface area contributed by atoms with Crippen molar-refractivity contribution in [2.45, 2.75) is 18.9 Å². The number of hydrogen-bond acceptors (Lipinski definition) is 8. The molecule has 34 heavy (non-hydrogen) atoms. The van der Waals surface area contributed by atoms with Crippen LogP contribution in [0.5, 0.6) is 5.75 Å². The molecular weight excluding hydrogens is 430 g/mol. The molecule has 0 amide bonds. The van der Waals surface area contributed by atoms with E-state index in [4.69, 9.17) is 14.7 Å². The molecule has 1 aromatic carbocycles. The first-order chi connectivity index (χ1) is 16.6. The Hall–Kier alpha value is -3.98. The average molecular weight is 458 g/mol. The number of pyridine rings is 1. The molecule has 1 atom stereocenters. The van der Waals surface area contributed by atoms with Crippen LogP contribution in [0.1, 0.15) is 12.8 Å². The van der Waals surface area contributed by atoms with Crippen molar-refractivity contribution >= 4 is 17.5 Å². The van der Waals surface area contributed by atoms with Crippen LogP contribution in [0.2, 0.25) is 0 Å². The first-order valence-electron chi connectivity index (χ1n) is 11.3. The van der Waals surface area contributed by atoms with Gasteiger partial charge < -0.3 is 20.1 Å². The Morgan fingerprint density at radius 2 is 1.91 bits per heavy atom. The molecule has 1 fully saturated rings. The molecule has 1 saturated heterocycles. The molecule has 0 radical (unpaired) electrons. The smallest absolute Gasteiger partial charge is 0.228 e. The molecule has 0 bridgehead atoms. The highest BCUT2D eigenvalue weighted by atomic mass is 16.5. The number of nitrogens with one attached hydrogen (secondary N) is 1. The number of benzene rings is 1. The summed E-state index contributed by atoms with van der Waals surface area (Å²) in [5, 5.41) is 18.1. The van der Waals surface area contributed by atoms with Crippen LogP contribution in [0.3, 0.4) is 0 Å². The predicted molar refractivity (Wildman–Crippen MR) is 131 cm³/mol. The fraction of sp³-hybridized carbons (Fsp3) is 0.280. The summed E-state index contributed by atoms with van der Waals surface area (Å²) in [6.45, 7) is 1.28. The lowest BCUT2D eigenvalue weighted by atomic mass is 10.0. The molecule has 174 valence electrons. The zero-order valence-electron chi connectivity index (χ0n) is 19.2. The van der Waals surface area contributed by atoms with Gasteiger partial charge in [-0.3, -0.25) is 9.67 Å². The number of anilines is 3. The summed E-state index contributed by atoms with van der Waals surface area (Å²) in [7, 11) is 3.52. The molecule has 0 aliphatic carbocycles. The maximum Gasteiger partial charge on any atom is 0.228 e. The first kappa shape index (κ1) is 21.8. The third-order valence-electron chi connectivity index (χ3n) is 5.83. The van der Waals surface area contributed by atoms with E-state index in [0.29, 0.717) is 29.8 Å². The van der Waals surface area contributed by atoms with Gasteiger partial charge in [0.1, 0.15) is 5.69 Å². The van der Waals surface area contributed by atoms with Crippen molar-refractivity contribution in [2.75, 3.05) is 30.4 Å². The summed E-state index contributed by atoms with van der Waals surface area (Å²) in [4.78, 5) is 15.8. The predicted octanol–water partition coefficient (Wildman–Crippen LogP) is 3.65. The number of aliphatic hydroxyl groups is 1. The number of β-amino-alcohol motifs (C(OH)–C–C–N with tert-alkyl or cyclic N) is 1. The van der Waals surface area contributed by atoms with E-state index >= 15 is 0 Å². The SMILES string of the molecule is COc1c(Nc2ccncc2)nc(N2CCC[C@@H](O)C2)nc1-c1cccc(-c2ccn(C)n2)c1. The van der Waals surface area contributed by atoms with E-state index in [2.05, 4.69) is 21.5 Å². The van der Waals surface area contributed by atoms with Crippen molar-refractivity contribution in [3.63, 3.8) is 0 Å². The molecule has 4 heterocycles. The maximum absolute atomic E-state index is 10.2. The molecule has 0 saturated carbocycles. The van der Waals surface area contributed by atoms with Gasteiger partial charge in [-0.25, -0.2) is 4.98 Å². The zero-order valence-corrected chi connectivity index (χ0v) is 19.2. The Labute approximate surface area is 198 Å². The van der Waals surface area contributed by atoms with Gasteiger partial charge in [0.2, 0.25) is 5.95 Å². The van der Waals surface area contributed by atoms with Gasteiger partial charge in [-0.2, -0.15) is 10.1 Å². The third kappa shape index (κ3) is 4.55. The number of rotatable bonds is 6. The lowest BCUT2D eigenvalue weighted by Gasteiger charge is -2.31.